The molecule has 0 bridgehead atoms. The molecule has 3 heteroatoms. The molecule has 98 valence electrons. The van der Waals surface area contributed by atoms with Crippen LogP contribution in [0.25, 0.3) is 0 Å². The van der Waals surface area contributed by atoms with Crippen LogP contribution in [0.1, 0.15) is 50.7 Å². The lowest BCUT2D eigenvalue weighted by Gasteiger charge is -2.26. The van der Waals surface area contributed by atoms with E-state index in [4.69, 9.17) is 9.47 Å². The largest absolute Gasteiger partial charge is 0.496 e. The van der Waals surface area contributed by atoms with Crippen molar-refractivity contribution < 1.29 is 14.3 Å². The van der Waals surface area contributed by atoms with Gasteiger partial charge in [-0.3, -0.25) is 4.79 Å². The predicted octanol–water partition coefficient (Wildman–Crippen LogP) is 3.37. The van der Waals surface area contributed by atoms with Gasteiger partial charge in [-0.05, 0) is 30.5 Å². The molecular formula is C15H20O3. The normalized spacial score (nSPS) is 23.3. The van der Waals surface area contributed by atoms with E-state index >= 15 is 0 Å². The van der Waals surface area contributed by atoms with Gasteiger partial charge in [-0.25, -0.2) is 0 Å². The lowest BCUT2D eigenvalue weighted by Crippen LogP contribution is -2.22. The number of hydrogen-bond acceptors (Lipinski definition) is 3. The first-order valence-electron chi connectivity index (χ1n) is 6.36. The number of esters is 1. The van der Waals surface area contributed by atoms with E-state index in [0.717, 1.165) is 11.3 Å². The van der Waals surface area contributed by atoms with Crippen molar-refractivity contribution in [2.75, 3.05) is 7.11 Å². The summed E-state index contributed by atoms with van der Waals surface area (Å²) in [7, 11) is 1.65. The third-order valence-electron chi connectivity index (χ3n) is 3.61. The van der Waals surface area contributed by atoms with E-state index in [1.165, 1.54) is 5.56 Å². The van der Waals surface area contributed by atoms with Crippen LogP contribution in [0.15, 0.2) is 18.2 Å². The maximum atomic E-state index is 11.4. The summed E-state index contributed by atoms with van der Waals surface area (Å²) in [6.07, 6.45) is 1.19. The second-order valence-corrected chi connectivity index (χ2v) is 5.32. The Kier molecular flexibility index (Phi) is 3.33. The van der Waals surface area contributed by atoms with Crippen LogP contribution in [0.2, 0.25) is 0 Å². The Morgan fingerprint density at radius 3 is 2.61 bits per heavy atom. The third-order valence-corrected chi connectivity index (χ3v) is 3.61. The zero-order valence-corrected chi connectivity index (χ0v) is 11.4. The first kappa shape index (κ1) is 12.9. The van der Waals surface area contributed by atoms with E-state index in [2.05, 4.69) is 26.0 Å². The number of hydrogen-bond donors (Lipinski definition) is 0. The van der Waals surface area contributed by atoms with Gasteiger partial charge in [-0.2, -0.15) is 0 Å². The summed E-state index contributed by atoms with van der Waals surface area (Å²) >= 11 is 0. The van der Waals surface area contributed by atoms with Gasteiger partial charge >= 0.3 is 5.97 Å². The average Bonchev–Trinajstić information content (AvgIpc) is 2.69. The summed E-state index contributed by atoms with van der Waals surface area (Å²) in [6.45, 7) is 6.25. The Balaban J connectivity index is 2.47. The molecule has 0 aromatic heterocycles. The molecule has 18 heavy (non-hydrogen) atoms. The monoisotopic (exact) mass is 248 g/mol. The van der Waals surface area contributed by atoms with Gasteiger partial charge in [0.1, 0.15) is 11.4 Å². The SMILES string of the molecule is COc1ccc(C(C)C)cc1C1(C)CCC(=O)O1. The highest BCUT2D eigenvalue weighted by Gasteiger charge is 2.39. The Bertz CT molecular complexity index is 465. The minimum absolute atomic E-state index is 0.130. The molecule has 1 aromatic rings. The Labute approximate surface area is 108 Å². The minimum Gasteiger partial charge on any atom is -0.496 e. The zero-order valence-electron chi connectivity index (χ0n) is 11.4. The number of carbonyl (C=O) groups excluding carboxylic acids is 1. The molecule has 1 saturated heterocycles. The zero-order chi connectivity index (χ0) is 13.3. The molecule has 1 atom stereocenters. The highest BCUT2D eigenvalue weighted by molar-refractivity contribution is 5.73. The molecule has 1 fully saturated rings. The van der Waals surface area contributed by atoms with Gasteiger partial charge in [-0.1, -0.05) is 19.9 Å². The van der Waals surface area contributed by atoms with Crippen molar-refractivity contribution in [3.05, 3.63) is 29.3 Å². The van der Waals surface area contributed by atoms with Crippen LogP contribution in [0.4, 0.5) is 0 Å². The number of benzene rings is 1. The fourth-order valence-electron chi connectivity index (χ4n) is 2.38. The standard InChI is InChI=1S/C15H20O3/c1-10(2)11-5-6-13(17-4)12(9-11)15(3)8-7-14(16)18-15/h5-6,9-10H,7-8H2,1-4H3. The van der Waals surface area contributed by atoms with E-state index in [-0.39, 0.29) is 5.97 Å². The van der Waals surface area contributed by atoms with Gasteiger partial charge < -0.3 is 9.47 Å². The minimum atomic E-state index is -0.548. The summed E-state index contributed by atoms with van der Waals surface area (Å²) in [4.78, 5) is 11.4. The van der Waals surface area contributed by atoms with E-state index < -0.39 is 5.60 Å². The third kappa shape index (κ3) is 2.22. The first-order valence-corrected chi connectivity index (χ1v) is 6.36. The van der Waals surface area contributed by atoms with Gasteiger partial charge in [0.05, 0.1) is 7.11 Å². The van der Waals surface area contributed by atoms with Crippen molar-refractivity contribution in [3.8, 4) is 5.75 Å². The molecule has 1 unspecified atom stereocenters. The van der Waals surface area contributed by atoms with Crippen molar-refractivity contribution in [2.24, 2.45) is 0 Å². The molecule has 1 aliphatic rings. The second-order valence-electron chi connectivity index (χ2n) is 5.32. The maximum absolute atomic E-state index is 11.4. The van der Waals surface area contributed by atoms with Gasteiger partial charge in [-0.15, -0.1) is 0 Å². The molecule has 2 rings (SSSR count). The molecule has 0 spiro atoms. The van der Waals surface area contributed by atoms with Crippen molar-refractivity contribution >= 4 is 5.97 Å². The fourth-order valence-corrected chi connectivity index (χ4v) is 2.38. The number of carbonyl (C=O) groups is 1. The molecule has 1 heterocycles. The summed E-state index contributed by atoms with van der Waals surface area (Å²) < 4.78 is 10.9. The van der Waals surface area contributed by atoms with Crippen molar-refractivity contribution in [1.82, 2.24) is 0 Å². The molecule has 0 saturated carbocycles. The summed E-state index contributed by atoms with van der Waals surface area (Å²) in [6, 6.07) is 6.12. The van der Waals surface area contributed by atoms with Gasteiger partial charge in [0.15, 0.2) is 0 Å². The fraction of sp³-hybridized carbons (Fsp3) is 0.533. The first-order chi connectivity index (χ1) is 8.46. The van der Waals surface area contributed by atoms with Crippen molar-refractivity contribution in [3.63, 3.8) is 0 Å². The van der Waals surface area contributed by atoms with Crippen LogP contribution in [-0.4, -0.2) is 13.1 Å². The quantitative estimate of drug-likeness (QED) is 0.769. The smallest absolute Gasteiger partial charge is 0.306 e. The van der Waals surface area contributed by atoms with Crippen LogP contribution < -0.4 is 4.74 Å². The molecule has 3 nitrogen and oxygen atoms in total. The predicted molar refractivity (Wildman–Crippen MR) is 69.8 cm³/mol. The summed E-state index contributed by atoms with van der Waals surface area (Å²) in [5.41, 5.74) is 1.66. The van der Waals surface area contributed by atoms with Crippen LogP contribution in [0.3, 0.4) is 0 Å². The average molecular weight is 248 g/mol. The van der Waals surface area contributed by atoms with Crippen molar-refractivity contribution in [2.45, 2.75) is 45.1 Å². The van der Waals surface area contributed by atoms with E-state index in [0.29, 0.717) is 18.8 Å². The van der Waals surface area contributed by atoms with E-state index in [1.54, 1.807) is 7.11 Å². The highest BCUT2D eigenvalue weighted by Crippen LogP contribution is 2.41. The summed E-state index contributed by atoms with van der Waals surface area (Å²) in [5, 5.41) is 0. The maximum Gasteiger partial charge on any atom is 0.306 e. The van der Waals surface area contributed by atoms with Crippen LogP contribution >= 0.6 is 0 Å². The Morgan fingerprint density at radius 2 is 2.11 bits per heavy atom. The molecular weight excluding hydrogens is 228 g/mol. The summed E-state index contributed by atoms with van der Waals surface area (Å²) in [5.74, 6) is 1.10. The topological polar surface area (TPSA) is 35.5 Å². The van der Waals surface area contributed by atoms with Gasteiger partial charge in [0.2, 0.25) is 0 Å². The lowest BCUT2D eigenvalue weighted by molar-refractivity contribution is -0.147. The van der Waals surface area contributed by atoms with Crippen molar-refractivity contribution in [1.29, 1.82) is 0 Å². The number of ether oxygens (including phenoxy) is 2. The van der Waals surface area contributed by atoms with E-state index in [1.807, 2.05) is 13.0 Å². The number of methoxy groups -OCH3 is 1. The van der Waals surface area contributed by atoms with Gasteiger partial charge in [0.25, 0.3) is 0 Å². The van der Waals surface area contributed by atoms with Gasteiger partial charge in [0, 0.05) is 18.4 Å². The Morgan fingerprint density at radius 1 is 1.39 bits per heavy atom. The van der Waals surface area contributed by atoms with Crippen LogP contribution in [-0.2, 0) is 15.1 Å². The second kappa shape index (κ2) is 4.63. The molecule has 0 radical (unpaired) electrons. The lowest BCUT2D eigenvalue weighted by atomic mass is 9.89. The highest BCUT2D eigenvalue weighted by atomic mass is 16.6. The van der Waals surface area contributed by atoms with Crippen LogP contribution in [0, 0.1) is 0 Å². The molecule has 0 N–H and O–H groups in total. The molecule has 1 aliphatic heterocycles. The van der Waals surface area contributed by atoms with Crippen LogP contribution in [0.5, 0.6) is 5.75 Å². The molecule has 1 aromatic carbocycles. The molecule has 0 amide bonds. The molecule has 0 aliphatic carbocycles. The Hall–Kier alpha value is -1.51. The van der Waals surface area contributed by atoms with E-state index in [9.17, 15) is 4.79 Å². The number of rotatable bonds is 3. The number of cyclic esters (lactones) is 1.